The van der Waals surface area contributed by atoms with Gasteiger partial charge < -0.3 is 27.3 Å². The maximum atomic E-state index is 11.7. The third kappa shape index (κ3) is 28.8. The van der Waals surface area contributed by atoms with Crippen molar-refractivity contribution in [2.45, 2.75) is 88.5 Å². The van der Waals surface area contributed by atoms with E-state index in [2.05, 4.69) is 74.9 Å². The second-order valence-electron chi connectivity index (χ2n) is 10.7. The number of hydrogen-bond acceptors (Lipinski definition) is 6. The van der Waals surface area contributed by atoms with Gasteiger partial charge in [-0.05, 0) is 102 Å². The minimum absolute atomic E-state index is 0. The summed E-state index contributed by atoms with van der Waals surface area (Å²) in [5.74, 6) is 0.340. The number of allylic oxidation sites excluding steroid dienone is 1. The molecule has 7 N–H and O–H groups in total. The van der Waals surface area contributed by atoms with Gasteiger partial charge in [-0.2, -0.15) is 0 Å². The molecule has 0 heterocycles. The van der Waals surface area contributed by atoms with Crippen LogP contribution in [0.3, 0.4) is 0 Å². The first kappa shape index (κ1) is 49.0. The zero-order valence-corrected chi connectivity index (χ0v) is 26.8. The van der Waals surface area contributed by atoms with Gasteiger partial charge in [0.15, 0.2) is 0 Å². The molecular weight excluding hydrogens is 520 g/mol. The summed E-state index contributed by atoms with van der Waals surface area (Å²) in [6.07, 6.45) is 7.29. The first-order chi connectivity index (χ1) is 18.5. The van der Waals surface area contributed by atoms with Crippen molar-refractivity contribution < 1.29 is 15.2 Å². The minimum atomic E-state index is -0.523. The van der Waals surface area contributed by atoms with Crippen LogP contribution in [-0.2, 0) is 11.2 Å². The van der Waals surface area contributed by atoms with Gasteiger partial charge in [0.05, 0.1) is 5.41 Å². The van der Waals surface area contributed by atoms with Gasteiger partial charge in [0, 0.05) is 5.71 Å². The zero-order valence-electron chi connectivity index (χ0n) is 26.8. The monoisotopic (exact) mass is 597 g/mol. The number of nitrogens with one attached hydrogen (secondary N) is 2. The zero-order chi connectivity index (χ0) is 30.0. The summed E-state index contributed by atoms with van der Waals surface area (Å²) >= 11 is 0. The van der Waals surface area contributed by atoms with Crippen LogP contribution in [0.25, 0.3) is 0 Å². The molecule has 0 aromatic heterocycles. The number of aryl methyl sites for hydroxylation is 1. The molecule has 0 amide bonds. The summed E-state index contributed by atoms with van der Waals surface area (Å²) in [6.45, 7) is 18.8. The smallest absolute Gasteiger partial charge is 0.316 e. The van der Waals surface area contributed by atoms with Crippen molar-refractivity contribution in [3.8, 4) is 5.75 Å². The van der Waals surface area contributed by atoms with Gasteiger partial charge >= 0.3 is 5.97 Å². The number of esters is 1. The Morgan fingerprint density at radius 3 is 1.79 bits per heavy atom. The molecule has 0 aliphatic carbocycles. The number of ether oxygens (including phenoxy) is 1. The number of rotatable bonds is 12. The molecule has 0 radical (unpaired) electrons. The molecule has 2 rings (SSSR count). The Balaban J connectivity index is -0.0000000563. The van der Waals surface area contributed by atoms with E-state index in [1.165, 1.54) is 18.4 Å². The van der Waals surface area contributed by atoms with E-state index in [0.717, 1.165) is 25.9 Å². The van der Waals surface area contributed by atoms with Gasteiger partial charge in [-0.25, -0.2) is 0 Å². The summed E-state index contributed by atoms with van der Waals surface area (Å²) in [5.41, 5.74) is 9.54. The largest absolute Gasteiger partial charge is 0.426 e. The van der Waals surface area contributed by atoms with Crippen LogP contribution in [0.15, 0.2) is 79.0 Å². The fraction of sp³-hybridized carbons (Fsp3) is 0.556. The second-order valence-corrected chi connectivity index (χ2v) is 10.7. The van der Waals surface area contributed by atoms with Gasteiger partial charge in [-0.15, -0.1) is 5.73 Å². The van der Waals surface area contributed by atoms with E-state index in [9.17, 15) is 4.79 Å². The Morgan fingerprint density at radius 1 is 0.952 bits per heavy atom. The second kappa shape index (κ2) is 31.2. The lowest BCUT2D eigenvalue weighted by atomic mass is 9.87. The van der Waals surface area contributed by atoms with Crippen LogP contribution in [0.1, 0.15) is 93.3 Å². The summed E-state index contributed by atoms with van der Waals surface area (Å²) in [6, 6.07) is 19.5. The third-order valence-corrected chi connectivity index (χ3v) is 6.14. The highest BCUT2D eigenvalue weighted by molar-refractivity contribution is 5.78. The molecule has 0 fully saturated rings. The molecular formula is C36H76N4O2. The van der Waals surface area contributed by atoms with Crippen LogP contribution >= 0.6 is 0 Å². The van der Waals surface area contributed by atoms with Gasteiger partial charge in [0.2, 0.25) is 0 Å². The molecule has 0 saturated carbocycles. The molecule has 2 aromatic carbocycles. The van der Waals surface area contributed by atoms with Crippen molar-refractivity contribution in [2.75, 3.05) is 33.7 Å². The Morgan fingerprint density at radius 2 is 1.43 bits per heavy atom. The predicted molar refractivity (Wildman–Crippen MR) is 197 cm³/mol. The average molecular weight is 597 g/mol. The van der Waals surface area contributed by atoms with Crippen LogP contribution < -0.4 is 27.3 Å². The maximum absolute atomic E-state index is 11.7. The summed E-state index contributed by atoms with van der Waals surface area (Å²) in [4.78, 5) is 11.7. The lowest BCUT2D eigenvalue weighted by Crippen LogP contribution is -2.31. The van der Waals surface area contributed by atoms with E-state index in [0.29, 0.717) is 24.1 Å². The van der Waals surface area contributed by atoms with Crippen LogP contribution in [0.2, 0.25) is 0 Å². The number of para-hydroxylation sites is 1. The van der Waals surface area contributed by atoms with Crippen LogP contribution in [0.4, 0.5) is 0 Å². The van der Waals surface area contributed by atoms with Gasteiger partial charge in [0.1, 0.15) is 5.75 Å². The number of carbonyl (C=O) groups is 1. The van der Waals surface area contributed by atoms with Crippen LogP contribution in [0, 0.1) is 10.8 Å². The molecule has 0 bridgehead atoms. The van der Waals surface area contributed by atoms with Gasteiger partial charge in [0.25, 0.3) is 0 Å². The highest BCUT2D eigenvalue weighted by Crippen LogP contribution is 2.24. The lowest BCUT2D eigenvalue weighted by molar-refractivity contribution is -0.144. The molecule has 0 unspecified atom stereocenters. The summed E-state index contributed by atoms with van der Waals surface area (Å²) in [5, 5.41) is 6.12. The van der Waals surface area contributed by atoms with Crippen LogP contribution in [0.5, 0.6) is 5.75 Å². The standard InChI is InChI=1S/C12H17NO2.C9H16.C8H10.C5H14N2.2CH4.H3N.4H2/c1-12(2,8-9-13)11(14)15-10-6-4-3-5-7-10;1-5-7-8-9(3,4)6-2;1-2-8-6-4-3-5-7-8;1-6-4-3-5-7-2;;;;;;;/h3-7H,8-9,13H2,1-2H3;7H,1,6,8H2,2-4H3;3-7H,2H2,1H3;6-7H,3-5H2,1-2H3;2*1H4;1H3;4*1H. The van der Waals surface area contributed by atoms with E-state index in [4.69, 9.17) is 10.5 Å². The average Bonchev–Trinajstić information content (AvgIpc) is 2.94. The number of hydrogen-bond donors (Lipinski definition) is 4. The lowest BCUT2D eigenvalue weighted by Gasteiger charge is -2.21. The topological polar surface area (TPSA) is 111 Å². The quantitative estimate of drug-likeness (QED) is 0.0840. The van der Waals surface area contributed by atoms with E-state index in [1.54, 1.807) is 12.1 Å². The highest BCUT2D eigenvalue weighted by Gasteiger charge is 2.28. The first-order valence-corrected chi connectivity index (χ1v) is 14.2. The number of benzene rings is 2. The van der Waals surface area contributed by atoms with Crippen molar-refractivity contribution in [1.82, 2.24) is 16.8 Å². The van der Waals surface area contributed by atoms with Gasteiger partial charge in [-0.1, -0.05) is 104 Å². The molecule has 0 aliphatic rings. The molecule has 252 valence electrons. The van der Waals surface area contributed by atoms with Gasteiger partial charge in [-0.3, -0.25) is 4.79 Å². The van der Waals surface area contributed by atoms with E-state index in [1.807, 2.05) is 58.3 Å². The van der Waals surface area contributed by atoms with Crippen molar-refractivity contribution >= 4 is 5.97 Å². The molecule has 0 aliphatic heterocycles. The van der Waals surface area contributed by atoms with E-state index < -0.39 is 5.41 Å². The molecule has 0 spiro atoms. The van der Waals surface area contributed by atoms with Crippen molar-refractivity contribution in [3.63, 3.8) is 0 Å². The van der Waals surface area contributed by atoms with Crippen molar-refractivity contribution in [1.29, 1.82) is 0 Å². The molecule has 6 heteroatoms. The Kier molecular flexibility index (Phi) is 36.4. The molecule has 0 saturated heterocycles. The predicted octanol–water partition coefficient (Wildman–Crippen LogP) is 9.60. The maximum Gasteiger partial charge on any atom is 0.316 e. The fourth-order valence-corrected chi connectivity index (χ4v) is 2.85. The Hall–Kier alpha value is -2.73. The normalized spacial score (nSPS) is 9.55. The Bertz CT molecular complexity index is 893. The third-order valence-electron chi connectivity index (χ3n) is 6.14. The highest BCUT2D eigenvalue weighted by atomic mass is 16.5. The molecule has 0 atom stereocenters. The number of nitrogens with two attached hydrogens (primary N) is 1. The van der Waals surface area contributed by atoms with E-state index >= 15 is 0 Å². The van der Waals surface area contributed by atoms with Crippen LogP contribution in [-0.4, -0.2) is 39.7 Å². The Labute approximate surface area is 267 Å². The molecule has 42 heavy (non-hydrogen) atoms. The van der Waals surface area contributed by atoms with Crippen molar-refractivity contribution in [3.05, 3.63) is 84.6 Å². The fourth-order valence-electron chi connectivity index (χ4n) is 2.85. The van der Waals surface area contributed by atoms with Crippen molar-refractivity contribution in [2.24, 2.45) is 16.6 Å². The molecule has 2 aromatic rings. The minimum Gasteiger partial charge on any atom is -0.426 e. The summed E-state index contributed by atoms with van der Waals surface area (Å²) < 4.78 is 5.24. The number of carbonyl (C=O) groups excluding carboxylic acids is 1. The molecule has 6 nitrogen and oxygen atoms in total. The first-order valence-electron chi connectivity index (χ1n) is 14.2. The SMILES string of the molecule is C.C.C=C=CCC(C)(C)CC.CC(C)(CCN)C(=O)Oc1ccccc1.CCc1ccccc1.CNCCCNC.N.[HH].[HH].[HH].[HH]. The summed E-state index contributed by atoms with van der Waals surface area (Å²) in [7, 11) is 3.94. The van der Waals surface area contributed by atoms with E-state index in [-0.39, 0.29) is 32.7 Å².